The van der Waals surface area contributed by atoms with Crippen LogP contribution >= 0.6 is 11.8 Å². The van der Waals surface area contributed by atoms with E-state index in [1.165, 1.54) is 49.9 Å². The van der Waals surface area contributed by atoms with E-state index in [0.29, 0.717) is 5.92 Å². The molecule has 7 nitrogen and oxygen atoms in total. The van der Waals surface area contributed by atoms with Crippen molar-refractivity contribution >= 4 is 29.1 Å². The van der Waals surface area contributed by atoms with Crippen molar-refractivity contribution in [2.45, 2.75) is 69.7 Å². The maximum atomic E-state index is 6.62. The smallest absolute Gasteiger partial charge is 0.146 e. The largest absolute Gasteiger partial charge is 0.483 e. The molecule has 2 bridgehead atoms. The summed E-state index contributed by atoms with van der Waals surface area (Å²) in [5, 5.41) is 7.17. The number of rotatable bonds is 3. The van der Waals surface area contributed by atoms with Crippen molar-refractivity contribution in [1.82, 2.24) is 20.2 Å². The number of anilines is 3. The van der Waals surface area contributed by atoms with E-state index >= 15 is 0 Å². The molecule has 5 aliphatic rings. The minimum Gasteiger partial charge on any atom is -0.483 e. The molecule has 1 aromatic carbocycles. The van der Waals surface area contributed by atoms with Crippen LogP contribution in [0, 0.1) is 6.92 Å². The number of nitrogens with zero attached hydrogens (tertiary/aromatic N) is 4. The van der Waals surface area contributed by atoms with E-state index in [1.54, 1.807) is 6.33 Å². The lowest BCUT2D eigenvalue weighted by atomic mass is 9.83. The highest BCUT2D eigenvalue weighted by molar-refractivity contribution is 7.99. The highest BCUT2D eigenvalue weighted by atomic mass is 32.2. The third-order valence-corrected chi connectivity index (χ3v) is 9.81. The van der Waals surface area contributed by atoms with Crippen molar-refractivity contribution in [3.8, 4) is 5.75 Å². The fraction of sp³-hybridized carbons (Fsp3) is 0.630. The van der Waals surface area contributed by atoms with Gasteiger partial charge in [-0.1, -0.05) is 6.07 Å². The fourth-order valence-corrected chi connectivity index (χ4v) is 8.01. The Morgan fingerprint density at radius 2 is 1.80 bits per heavy atom. The minimum atomic E-state index is -0.107. The van der Waals surface area contributed by atoms with Gasteiger partial charge in [-0.05, 0) is 62.6 Å². The summed E-state index contributed by atoms with van der Waals surface area (Å²) in [5.41, 5.74) is 4.81. The van der Waals surface area contributed by atoms with Crippen molar-refractivity contribution in [2.24, 2.45) is 0 Å². The number of aryl methyl sites for hydroxylation is 1. The van der Waals surface area contributed by atoms with Crippen molar-refractivity contribution < 1.29 is 4.74 Å². The van der Waals surface area contributed by atoms with Gasteiger partial charge in [0, 0.05) is 55.8 Å². The van der Waals surface area contributed by atoms with Crippen LogP contribution in [0.2, 0.25) is 0 Å². The van der Waals surface area contributed by atoms with E-state index in [4.69, 9.17) is 9.72 Å². The van der Waals surface area contributed by atoms with Crippen molar-refractivity contribution in [3.05, 3.63) is 35.2 Å². The zero-order valence-corrected chi connectivity index (χ0v) is 21.6. The van der Waals surface area contributed by atoms with Crippen LogP contribution in [0.25, 0.3) is 0 Å². The summed E-state index contributed by atoms with van der Waals surface area (Å²) in [6.45, 7) is 8.73. The summed E-state index contributed by atoms with van der Waals surface area (Å²) in [6.07, 6.45) is 6.88. The molecule has 6 heterocycles. The highest BCUT2D eigenvalue weighted by Gasteiger charge is 2.45. The first-order chi connectivity index (χ1) is 17.2. The Morgan fingerprint density at radius 1 is 1.03 bits per heavy atom. The second-order valence-electron chi connectivity index (χ2n) is 11.0. The molecule has 0 spiro atoms. The van der Waals surface area contributed by atoms with Gasteiger partial charge in [-0.25, -0.2) is 9.97 Å². The van der Waals surface area contributed by atoms with Crippen LogP contribution < -0.4 is 20.3 Å². The van der Waals surface area contributed by atoms with Crippen molar-refractivity contribution in [2.75, 3.05) is 47.9 Å². The Morgan fingerprint density at radius 3 is 2.51 bits per heavy atom. The van der Waals surface area contributed by atoms with Crippen molar-refractivity contribution in [3.63, 3.8) is 0 Å². The molecule has 3 atom stereocenters. The van der Waals surface area contributed by atoms with Crippen LogP contribution in [-0.4, -0.2) is 70.7 Å². The van der Waals surface area contributed by atoms with Crippen LogP contribution in [0.5, 0.6) is 5.75 Å². The molecule has 0 saturated carbocycles. The zero-order chi connectivity index (χ0) is 23.5. The lowest BCUT2D eigenvalue weighted by Gasteiger charge is -2.47. The highest BCUT2D eigenvalue weighted by Crippen LogP contribution is 2.48. The summed E-state index contributed by atoms with van der Waals surface area (Å²) in [4.78, 5) is 14.7. The molecule has 0 amide bonds. The molecule has 5 aliphatic heterocycles. The number of fused-ring (bicyclic) bond motifs is 4. The van der Waals surface area contributed by atoms with Gasteiger partial charge in [0.1, 0.15) is 29.8 Å². The van der Waals surface area contributed by atoms with E-state index in [0.717, 1.165) is 71.4 Å². The van der Waals surface area contributed by atoms with E-state index < -0.39 is 0 Å². The van der Waals surface area contributed by atoms with Gasteiger partial charge in [0.2, 0.25) is 0 Å². The number of nitrogens with one attached hydrogen (secondary N) is 2. The number of piperidine rings is 1. The van der Waals surface area contributed by atoms with Crippen LogP contribution in [-0.2, 0) is 0 Å². The molecule has 0 aliphatic carbocycles. The van der Waals surface area contributed by atoms with Crippen LogP contribution in [0.4, 0.5) is 17.3 Å². The van der Waals surface area contributed by atoms with Gasteiger partial charge in [0.05, 0.1) is 11.3 Å². The van der Waals surface area contributed by atoms with Gasteiger partial charge in [0.15, 0.2) is 0 Å². The molecule has 7 rings (SSSR count). The third-order valence-electron chi connectivity index (χ3n) is 8.87. The van der Waals surface area contributed by atoms with E-state index in [-0.39, 0.29) is 6.10 Å². The molecule has 8 heteroatoms. The first-order valence-electron chi connectivity index (χ1n) is 13.4. The maximum absolute atomic E-state index is 6.62. The van der Waals surface area contributed by atoms with Gasteiger partial charge in [-0.2, -0.15) is 11.8 Å². The topological polar surface area (TPSA) is 65.5 Å². The molecule has 2 aromatic rings. The summed E-state index contributed by atoms with van der Waals surface area (Å²) >= 11 is 2.02. The zero-order valence-electron chi connectivity index (χ0n) is 20.8. The monoisotopic (exact) mass is 492 g/mol. The summed E-state index contributed by atoms with van der Waals surface area (Å²) in [6, 6.07) is 7.00. The molecular formula is C27H36N6OS. The fourth-order valence-electron chi connectivity index (χ4n) is 7.10. The average molecular weight is 493 g/mol. The molecule has 35 heavy (non-hydrogen) atoms. The number of thioether (sulfide) groups is 1. The van der Waals surface area contributed by atoms with Crippen LogP contribution in [0.1, 0.15) is 61.3 Å². The van der Waals surface area contributed by atoms with Gasteiger partial charge in [-0.15, -0.1) is 0 Å². The maximum Gasteiger partial charge on any atom is 0.146 e. The Hall–Kier alpha value is -2.03. The number of hydrogen-bond acceptors (Lipinski definition) is 8. The number of aromatic nitrogens is 2. The number of hydrogen-bond donors (Lipinski definition) is 2. The molecule has 0 radical (unpaired) electrons. The number of ether oxygens (including phenoxy) is 1. The Bertz CT molecular complexity index is 1100. The third kappa shape index (κ3) is 3.80. The molecule has 186 valence electrons. The SMILES string of the molecule is Cc1cc(C2CC3CCC(C2)N3C2CNC2)cc2c1O[C@H](C)c1c(ncnc1N1CCSCC1)N2. The predicted octanol–water partition coefficient (Wildman–Crippen LogP) is 4.22. The quantitative estimate of drug-likeness (QED) is 0.660. The lowest BCUT2D eigenvalue weighted by molar-refractivity contribution is 0.0497. The standard InChI is InChI=1S/C27H36N6OS/c1-16-9-18(19-10-20-3-4-21(11-19)33(20)22-13-28-14-22)12-23-25(16)34-17(2)24-26(31-23)29-15-30-27(24)32-5-7-35-8-6-32/h9,12,15,17,19-22,28H,3-8,10-11,13-14H2,1-2H3,(H,29,30,31)/t17-,19?,20?,21?/m1/s1. The first-order valence-corrected chi connectivity index (χ1v) is 14.5. The van der Waals surface area contributed by atoms with Gasteiger partial charge < -0.3 is 20.3 Å². The predicted molar refractivity (Wildman–Crippen MR) is 142 cm³/mol. The second-order valence-corrected chi connectivity index (χ2v) is 12.2. The Balaban J connectivity index is 1.19. The van der Waals surface area contributed by atoms with Crippen LogP contribution in [0.15, 0.2) is 18.5 Å². The lowest BCUT2D eigenvalue weighted by Crippen LogP contribution is -2.61. The molecule has 2 N–H and O–H groups in total. The number of benzene rings is 1. The second kappa shape index (κ2) is 8.82. The van der Waals surface area contributed by atoms with E-state index in [9.17, 15) is 0 Å². The molecule has 2 unspecified atom stereocenters. The molecule has 4 saturated heterocycles. The summed E-state index contributed by atoms with van der Waals surface area (Å²) < 4.78 is 6.62. The van der Waals surface area contributed by atoms with Crippen LogP contribution in [0.3, 0.4) is 0 Å². The van der Waals surface area contributed by atoms with E-state index in [1.807, 2.05) is 11.8 Å². The van der Waals surface area contributed by atoms with E-state index in [2.05, 4.69) is 51.4 Å². The summed E-state index contributed by atoms with van der Waals surface area (Å²) in [7, 11) is 0. The Labute approximate surface area is 212 Å². The Kier molecular flexibility index (Phi) is 5.59. The van der Waals surface area contributed by atoms with Gasteiger partial charge in [-0.3, -0.25) is 4.90 Å². The molecule has 1 aromatic heterocycles. The minimum absolute atomic E-state index is 0.107. The normalized spacial score (nSPS) is 30.5. The van der Waals surface area contributed by atoms with Gasteiger partial charge >= 0.3 is 0 Å². The summed E-state index contributed by atoms with van der Waals surface area (Å²) in [5.74, 6) is 5.78. The van der Waals surface area contributed by atoms with Gasteiger partial charge in [0.25, 0.3) is 0 Å². The molecule has 4 fully saturated rings. The molecular weight excluding hydrogens is 456 g/mol. The average Bonchev–Trinajstić information content (AvgIpc) is 3.01. The first kappa shape index (κ1) is 22.2. The van der Waals surface area contributed by atoms with Crippen molar-refractivity contribution in [1.29, 1.82) is 0 Å².